The largest absolute Gasteiger partial charge is 0.462 e. The summed E-state index contributed by atoms with van der Waals surface area (Å²) in [7, 11) is 0. The Kier molecular flexibility index (Phi) is 9.85. The highest BCUT2D eigenvalue weighted by molar-refractivity contribution is 5.68. The molecule has 0 saturated carbocycles. The van der Waals surface area contributed by atoms with E-state index in [-0.39, 0.29) is 12.8 Å². The van der Waals surface area contributed by atoms with Crippen molar-refractivity contribution in [2.75, 3.05) is 0 Å². The summed E-state index contributed by atoms with van der Waals surface area (Å²) in [5, 5.41) is 21.4. The lowest BCUT2D eigenvalue weighted by Crippen LogP contribution is -2.45. The Bertz CT molecular complexity index is 925. The van der Waals surface area contributed by atoms with Gasteiger partial charge in [0.05, 0.1) is 24.4 Å². The molecule has 1 heterocycles. The van der Waals surface area contributed by atoms with Gasteiger partial charge in [-0.3, -0.25) is 14.4 Å². The quantitative estimate of drug-likeness (QED) is 0.327. The molecular formula is C26H36O9. The van der Waals surface area contributed by atoms with Crippen LogP contribution in [0.2, 0.25) is 0 Å². The fraction of sp³-hybridized carbons (Fsp3) is 0.577. The number of rotatable bonds is 6. The molecule has 1 aliphatic carbocycles. The van der Waals surface area contributed by atoms with Crippen molar-refractivity contribution in [3.8, 4) is 0 Å². The Hall–Kier alpha value is -2.91. The minimum absolute atomic E-state index is 0.130. The molecule has 0 spiro atoms. The number of hydrogen-bond acceptors (Lipinski definition) is 9. The molecule has 9 heteroatoms. The van der Waals surface area contributed by atoms with Crippen molar-refractivity contribution in [2.45, 2.75) is 85.1 Å². The summed E-state index contributed by atoms with van der Waals surface area (Å²) in [5.74, 6) is -3.02. The van der Waals surface area contributed by atoms with Gasteiger partial charge < -0.3 is 29.2 Å². The van der Waals surface area contributed by atoms with E-state index in [1.54, 1.807) is 19.1 Å². The molecule has 0 amide bonds. The van der Waals surface area contributed by atoms with Gasteiger partial charge >= 0.3 is 17.9 Å². The molecule has 194 valence electrons. The number of allylic oxidation sites excluding steroid dienone is 1. The molecule has 2 N–H and O–H groups in total. The van der Waals surface area contributed by atoms with Crippen LogP contribution in [0, 0.1) is 11.8 Å². The molecule has 9 nitrogen and oxygen atoms in total. The van der Waals surface area contributed by atoms with Gasteiger partial charge in [-0.2, -0.15) is 0 Å². The first-order chi connectivity index (χ1) is 16.3. The van der Waals surface area contributed by atoms with Gasteiger partial charge in [0.2, 0.25) is 6.29 Å². The smallest absolute Gasteiger partial charge is 0.305 e. The Morgan fingerprint density at radius 2 is 1.71 bits per heavy atom. The van der Waals surface area contributed by atoms with Gasteiger partial charge in [0.25, 0.3) is 0 Å². The Morgan fingerprint density at radius 1 is 1.09 bits per heavy atom. The summed E-state index contributed by atoms with van der Waals surface area (Å²) in [6.07, 6.45) is -0.155. The lowest BCUT2D eigenvalue weighted by molar-refractivity contribution is -0.183. The van der Waals surface area contributed by atoms with Gasteiger partial charge in [-0.1, -0.05) is 23.8 Å². The van der Waals surface area contributed by atoms with Crippen LogP contribution in [0.3, 0.4) is 0 Å². The standard InChI is InChI=1S/C26H36O9/c1-13(2)8-23(33-16(5)27)25(34-17(6)28)21-12-32-26(35-18(7)29)24-15(4)10-19(30)9-14(3)22(31)11-20(21)24/h8-9,12,19-20,22-26,30-31H,4,10-11H2,1-3,5-7H3/b14-9+. The third-order valence-electron chi connectivity index (χ3n) is 5.90. The molecule has 7 unspecified atom stereocenters. The van der Waals surface area contributed by atoms with E-state index in [4.69, 9.17) is 18.9 Å². The van der Waals surface area contributed by atoms with E-state index in [1.165, 1.54) is 27.0 Å². The van der Waals surface area contributed by atoms with Crippen LogP contribution in [0.4, 0.5) is 0 Å². The molecule has 0 aromatic carbocycles. The normalized spacial score (nSPS) is 29.7. The molecule has 0 aromatic rings. The van der Waals surface area contributed by atoms with E-state index in [0.717, 1.165) is 5.57 Å². The number of hydrogen-bond donors (Lipinski definition) is 2. The lowest BCUT2D eigenvalue weighted by Gasteiger charge is -2.42. The van der Waals surface area contributed by atoms with E-state index < -0.39 is 60.4 Å². The number of aliphatic hydroxyl groups excluding tert-OH is 2. The highest BCUT2D eigenvalue weighted by Gasteiger charge is 2.46. The van der Waals surface area contributed by atoms with E-state index in [2.05, 4.69) is 6.58 Å². The number of aliphatic hydroxyl groups is 2. The fourth-order valence-corrected chi connectivity index (χ4v) is 4.53. The molecule has 0 bridgehead atoms. The topological polar surface area (TPSA) is 129 Å². The van der Waals surface area contributed by atoms with Crippen molar-refractivity contribution in [1.29, 1.82) is 0 Å². The first-order valence-electron chi connectivity index (χ1n) is 11.5. The molecule has 7 atom stereocenters. The molecule has 0 fully saturated rings. The van der Waals surface area contributed by atoms with Gasteiger partial charge in [0, 0.05) is 32.3 Å². The summed E-state index contributed by atoms with van der Waals surface area (Å²) in [4.78, 5) is 35.8. The predicted octanol–water partition coefficient (Wildman–Crippen LogP) is 2.87. The van der Waals surface area contributed by atoms with Gasteiger partial charge in [0.15, 0.2) is 12.2 Å². The maximum atomic E-state index is 12.1. The van der Waals surface area contributed by atoms with Crippen molar-refractivity contribution in [3.05, 3.63) is 47.3 Å². The molecule has 1 aliphatic heterocycles. The predicted molar refractivity (Wildman–Crippen MR) is 126 cm³/mol. The SMILES string of the molecule is C=C1CC(O)/C=C(\C)C(O)CC2C(C(OC(C)=O)C(C=C(C)C)OC(C)=O)=COC(OC(C)=O)C12. The number of carbonyl (C=O) groups excluding carboxylic acids is 3. The number of fused-ring (bicyclic) bond motifs is 1. The molecular weight excluding hydrogens is 456 g/mol. The van der Waals surface area contributed by atoms with Crippen molar-refractivity contribution in [2.24, 2.45) is 11.8 Å². The maximum Gasteiger partial charge on any atom is 0.305 e. The number of carbonyl (C=O) groups is 3. The van der Waals surface area contributed by atoms with Crippen LogP contribution in [0.25, 0.3) is 0 Å². The minimum Gasteiger partial charge on any atom is -0.462 e. The Morgan fingerprint density at radius 3 is 2.26 bits per heavy atom. The van der Waals surface area contributed by atoms with Gasteiger partial charge in [-0.15, -0.1) is 0 Å². The van der Waals surface area contributed by atoms with Gasteiger partial charge in [-0.05, 0) is 45.3 Å². The summed E-state index contributed by atoms with van der Waals surface area (Å²) in [5.41, 5.74) is 2.35. The van der Waals surface area contributed by atoms with E-state index >= 15 is 0 Å². The summed E-state index contributed by atoms with van der Waals surface area (Å²) < 4.78 is 22.4. The highest BCUT2D eigenvalue weighted by atomic mass is 16.7. The molecule has 2 rings (SSSR count). The third-order valence-corrected chi connectivity index (χ3v) is 5.90. The van der Waals surface area contributed by atoms with Crippen LogP contribution in [-0.4, -0.2) is 58.8 Å². The zero-order valence-electron chi connectivity index (χ0n) is 21.1. The summed E-state index contributed by atoms with van der Waals surface area (Å²) in [6, 6.07) is 0. The van der Waals surface area contributed by atoms with Crippen LogP contribution >= 0.6 is 0 Å². The van der Waals surface area contributed by atoms with Crippen LogP contribution in [0.5, 0.6) is 0 Å². The van der Waals surface area contributed by atoms with Crippen LogP contribution < -0.4 is 0 Å². The minimum atomic E-state index is -1.08. The zero-order valence-corrected chi connectivity index (χ0v) is 21.1. The van der Waals surface area contributed by atoms with E-state index in [0.29, 0.717) is 16.7 Å². The van der Waals surface area contributed by atoms with Crippen molar-refractivity contribution in [1.82, 2.24) is 0 Å². The van der Waals surface area contributed by atoms with Crippen molar-refractivity contribution < 1.29 is 43.5 Å². The van der Waals surface area contributed by atoms with Gasteiger partial charge in [0.1, 0.15) is 0 Å². The fourth-order valence-electron chi connectivity index (χ4n) is 4.53. The molecule has 2 aliphatic rings. The summed E-state index contributed by atoms with van der Waals surface area (Å²) >= 11 is 0. The highest BCUT2D eigenvalue weighted by Crippen LogP contribution is 2.44. The zero-order chi connectivity index (χ0) is 26.4. The average Bonchev–Trinajstić information content (AvgIpc) is 2.73. The number of ether oxygens (including phenoxy) is 4. The second-order valence-electron chi connectivity index (χ2n) is 9.30. The van der Waals surface area contributed by atoms with E-state index in [9.17, 15) is 24.6 Å². The third kappa shape index (κ3) is 7.80. The van der Waals surface area contributed by atoms with E-state index in [1.807, 2.05) is 13.8 Å². The van der Waals surface area contributed by atoms with Crippen LogP contribution in [-0.2, 0) is 33.3 Å². The van der Waals surface area contributed by atoms with Crippen LogP contribution in [0.1, 0.15) is 54.4 Å². The maximum absolute atomic E-state index is 12.1. The first kappa shape index (κ1) is 28.3. The van der Waals surface area contributed by atoms with Gasteiger partial charge in [-0.25, -0.2) is 0 Å². The molecule has 0 saturated heterocycles. The first-order valence-corrected chi connectivity index (χ1v) is 11.5. The molecule has 35 heavy (non-hydrogen) atoms. The number of esters is 3. The second-order valence-corrected chi connectivity index (χ2v) is 9.30. The average molecular weight is 493 g/mol. The Labute approximate surface area is 206 Å². The van der Waals surface area contributed by atoms with Crippen molar-refractivity contribution in [3.63, 3.8) is 0 Å². The summed E-state index contributed by atoms with van der Waals surface area (Å²) in [6.45, 7) is 13.2. The van der Waals surface area contributed by atoms with Crippen LogP contribution in [0.15, 0.2) is 47.3 Å². The second kappa shape index (κ2) is 12.2. The lowest BCUT2D eigenvalue weighted by atomic mass is 9.73. The monoisotopic (exact) mass is 492 g/mol. The Balaban J connectivity index is 2.68. The molecule has 0 aromatic heterocycles. The van der Waals surface area contributed by atoms with Crippen molar-refractivity contribution >= 4 is 17.9 Å². The molecule has 0 radical (unpaired) electrons.